The van der Waals surface area contributed by atoms with Gasteiger partial charge in [-0.15, -0.1) is 12.4 Å². The lowest BCUT2D eigenvalue weighted by Gasteiger charge is -2.15. The maximum absolute atomic E-state index is 5.81. The van der Waals surface area contributed by atoms with E-state index in [9.17, 15) is 0 Å². The molecule has 1 aromatic rings. The van der Waals surface area contributed by atoms with E-state index in [1.165, 1.54) is 18.4 Å². The number of hydrogen-bond donors (Lipinski definition) is 0. The molecular formula is C12H20ClOP. The molecule has 0 spiro atoms. The minimum Gasteiger partial charge on any atom is -0.486 e. The van der Waals surface area contributed by atoms with Gasteiger partial charge in [-0.1, -0.05) is 40.8 Å². The lowest BCUT2D eigenvalue weighted by atomic mass is 10.2. The van der Waals surface area contributed by atoms with E-state index >= 15 is 0 Å². The van der Waals surface area contributed by atoms with E-state index < -0.39 is 0 Å². The highest BCUT2D eigenvalue weighted by Gasteiger charge is 2.04. The second-order valence-electron chi connectivity index (χ2n) is 3.56. The first-order chi connectivity index (χ1) is 6.74. The molecule has 0 aromatic heterocycles. The first kappa shape index (κ1) is 14.7. The van der Waals surface area contributed by atoms with Gasteiger partial charge in [0.15, 0.2) is 0 Å². The predicted molar refractivity (Wildman–Crippen MR) is 72.1 cm³/mol. The Morgan fingerprint density at radius 2 is 2.00 bits per heavy atom. The summed E-state index contributed by atoms with van der Waals surface area (Å²) in [7, 11) is 2.76. The van der Waals surface area contributed by atoms with Gasteiger partial charge in [0.25, 0.3) is 0 Å². The number of benzene rings is 1. The average molecular weight is 247 g/mol. The third-order valence-electron chi connectivity index (χ3n) is 2.21. The predicted octanol–water partition coefficient (Wildman–Crippen LogP) is 4.19. The Balaban J connectivity index is 0.00000196. The quantitative estimate of drug-likeness (QED) is 0.708. The Bertz CT molecular complexity index is 278. The maximum Gasteiger partial charge on any atom is 0.123 e. The molecule has 1 rings (SSSR count). The molecule has 1 nitrogen and oxygen atoms in total. The van der Waals surface area contributed by atoms with E-state index in [1.54, 1.807) is 0 Å². The zero-order valence-electron chi connectivity index (χ0n) is 9.40. The zero-order chi connectivity index (χ0) is 10.4. The van der Waals surface area contributed by atoms with Crippen LogP contribution >= 0.6 is 21.6 Å². The molecule has 0 aliphatic rings. The van der Waals surface area contributed by atoms with Crippen LogP contribution in [0.2, 0.25) is 0 Å². The molecule has 0 bridgehead atoms. The molecule has 0 aliphatic carbocycles. The highest BCUT2D eigenvalue weighted by atomic mass is 35.5. The van der Waals surface area contributed by atoms with Crippen LogP contribution in [0, 0.1) is 6.92 Å². The van der Waals surface area contributed by atoms with Gasteiger partial charge in [-0.2, -0.15) is 0 Å². The van der Waals surface area contributed by atoms with E-state index in [0.717, 1.165) is 12.2 Å². The van der Waals surface area contributed by atoms with Gasteiger partial charge in [0.1, 0.15) is 11.6 Å². The number of ether oxygens (including phenoxy) is 1. The summed E-state index contributed by atoms with van der Waals surface area (Å²) in [5.41, 5.74) is 1.21. The van der Waals surface area contributed by atoms with Crippen molar-refractivity contribution in [2.45, 2.75) is 39.0 Å². The van der Waals surface area contributed by atoms with E-state index in [2.05, 4.69) is 29.2 Å². The number of para-hydroxylation sites is 1. The van der Waals surface area contributed by atoms with Crippen LogP contribution in [0.3, 0.4) is 0 Å². The smallest absolute Gasteiger partial charge is 0.123 e. The van der Waals surface area contributed by atoms with E-state index in [0.29, 0.717) is 0 Å². The van der Waals surface area contributed by atoms with Crippen molar-refractivity contribution < 1.29 is 4.74 Å². The van der Waals surface area contributed by atoms with Crippen molar-refractivity contribution in [2.24, 2.45) is 0 Å². The number of unbranched alkanes of at least 4 members (excludes halogenated alkanes) is 1. The van der Waals surface area contributed by atoms with Crippen LogP contribution in [-0.4, -0.2) is 5.85 Å². The summed E-state index contributed by atoms with van der Waals surface area (Å²) < 4.78 is 5.81. The summed E-state index contributed by atoms with van der Waals surface area (Å²) in [5, 5.41) is 0. The second-order valence-corrected chi connectivity index (χ2v) is 4.31. The molecule has 2 unspecified atom stereocenters. The molecule has 0 fully saturated rings. The van der Waals surface area contributed by atoms with Gasteiger partial charge in [-0.25, -0.2) is 0 Å². The molecule has 0 heterocycles. The molecule has 15 heavy (non-hydrogen) atoms. The standard InChI is InChI=1S/C12H19OP.ClH/c1-3-4-9-12(14)13-11-8-6-5-7-10(11)2;/h5-8,12H,3-4,9,14H2,1-2H3;1H. The van der Waals surface area contributed by atoms with Crippen molar-refractivity contribution in [3.63, 3.8) is 0 Å². The van der Waals surface area contributed by atoms with Crippen molar-refractivity contribution in [1.82, 2.24) is 0 Å². The van der Waals surface area contributed by atoms with Gasteiger partial charge in [-0.3, -0.25) is 0 Å². The summed E-state index contributed by atoms with van der Waals surface area (Å²) >= 11 is 0. The van der Waals surface area contributed by atoms with Crippen LogP contribution in [0.1, 0.15) is 31.7 Å². The zero-order valence-corrected chi connectivity index (χ0v) is 11.4. The van der Waals surface area contributed by atoms with Gasteiger partial charge in [0, 0.05) is 0 Å². The Hall–Kier alpha value is -0.260. The molecule has 1 aromatic carbocycles. The normalized spacial score (nSPS) is 11.7. The van der Waals surface area contributed by atoms with Crippen LogP contribution < -0.4 is 4.74 Å². The first-order valence-corrected chi connectivity index (χ1v) is 5.88. The van der Waals surface area contributed by atoms with Crippen LogP contribution in [0.15, 0.2) is 24.3 Å². The molecule has 2 atom stereocenters. The monoisotopic (exact) mass is 246 g/mol. The van der Waals surface area contributed by atoms with Crippen LogP contribution in [0.5, 0.6) is 5.75 Å². The summed E-state index contributed by atoms with van der Waals surface area (Å²) in [6.45, 7) is 4.28. The molecule has 0 amide bonds. The second kappa shape index (κ2) is 7.96. The third-order valence-corrected chi connectivity index (χ3v) is 2.68. The molecule has 0 saturated heterocycles. The SMILES string of the molecule is CCCCC(P)Oc1ccccc1C.Cl. The summed E-state index contributed by atoms with van der Waals surface area (Å²) in [6.07, 6.45) is 3.55. The molecule has 0 saturated carbocycles. The fourth-order valence-corrected chi connectivity index (χ4v) is 1.70. The molecule has 0 N–H and O–H groups in total. The highest BCUT2D eigenvalue weighted by Crippen LogP contribution is 2.21. The molecule has 86 valence electrons. The number of halogens is 1. The van der Waals surface area contributed by atoms with Crippen LogP contribution in [0.4, 0.5) is 0 Å². The van der Waals surface area contributed by atoms with Gasteiger partial charge in [-0.05, 0) is 31.4 Å². The van der Waals surface area contributed by atoms with Gasteiger partial charge in [0.05, 0.1) is 0 Å². The molecule has 0 aliphatic heterocycles. The number of hydrogen-bond acceptors (Lipinski definition) is 1. The summed E-state index contributed by atoms with van der Waals surface area (Å²) in [6, 6.07) is 8.15. The maximum atomic E-state index is 5.81. The number of rotatable bonds is 5. The Morgan fingerprint density at radius 1 is 1.33 bits per heavy atom. The lowest BCUT2D eigenvalue weighted by Crippen LogP contribution is -2.08. The Kier molecular flexibility index (Phi) is 7.82. The molecule has 0 radical (unpaired) electrons. The van der Waals surface area contributed by atoms with E-state index in [4.69, 9.17) is 4.74 Å². The fourth-order valence-electron chi connectivity index (χ4n) is 1.32. The lowest BCUT2D eigenvalue weighted by molar-refractivity contribution is 0.270. The number of aryl methyl sites for hydroxylation is 1. The molecular weight excluding hydrogens is 227 g/mol. The average Bonchev–Trinajstić information content (AvgIpc) is 2.18. The van der Waals surface area contributed by atoms with Crippen molar-refractivity contribution in [1.29, 1.82) is 0 Å². The van der Waals surface area contributed by atoms with Gasteiger partial charge in [0.2, 0.25) is 0 Å². The summed E-state index contributed by atoms with van der Waals surface area (Å²) in [4.78, 5) is 0. The first-order valence-electron chi connectivity index (χ1n) is 5.22. The summed E-state index contributed by atoms with van der Waals surface area (Å²) in [5.74, 6) is 1.25. The van der Waals surface area contributed by atoms with Crippen molar-refractivity contribution in [2.75, 3.05) is 0 Å². The highest BCUT2D eigenvalue weighted by molar-refractivity contribution is 7.17. The van der Waals surface area contributed by atoms with Gasteiger partial charge < -0.3 is 4.74 Å². The third kappa shape index (κ3) is 5.39. The molecule has 3 heteroatoms. The van der Waals surface area contributed by atoms with Crippen LogP contribution in [0.25, 0.3) is 0 Å². The van der Waals surface area contributed by atoms with Crippen molar-refractivity contribution in [3.8, 4) is 5.75 Å². The van der Waals surface area contributed by atoms with Crippen molar-refractivity contribution >= 4 is 21.6 Å². The van der Waals surface area contributed by atoms with Crippen molar-refractivity contribution in [3.05, 3.63) is 29.8 Å². The Morgan fingerprint density at radius 3 is 2.60 bits per heavy atom. The van der Waals surface area contributed by atoms with Crippen LogP contribution in [-0.2, 0) is 0 Å². The minimum atomic E-state index is 0. The topological polar surface area (TPSA) is 9.23 Å². The fraction of sp³-hybridized carbons (Fsp3) is 0.500. The Labute approximate surface area is 101 Å². The van der Waals surface area contributed by atoms with E-state index in [1.807, 2.05) is 18.2 Å². The van der Waals surface area contributed by atoms with E-state index in [-0.39, 0.29) is 18.3 Å². The minimum absolute atomic E-state index is 0. The largest absolute Gasteiger partial charge is 0.486 e. The van der Waals surface area contributed by atoms with Gasteiger partial charge >= 0.3 is 0 Å².